The van der Waals surface area contributed by atoms with Crippen LogP contribution in [0.25, 0.3) is 6.08 Å². The molecule has 0 bridgehead atoms. The summed E-state index contributed by atoms with van der Waals surface area (Å²) >= 11 is 1.42. The van der Waals surface area contributed by atoms with Crippen molar-refractivity contribution in [2.24, 2.45) is 4.99 Å². The quantitative estimate of drug-likeness (QED) is 0.661. The highest BCUT2D eigenvalue weighted by Gasteiger charge is 2.25. The number of benzene rings is 1. The van der Waals surface area contributed by atoms with Crippen molar-refractivity contribution >= 4 is 28.9 Å². The molecule has 1 heterocycles. The summed E-state index contributed by atoms with van der Waals surface area (Å²) in [5.74, 6) is 0.720. The van der Waals surface area contributed by atoms with Gasteiger partial charge >= 0.3 is 0 Å². The summed E-state index contributed by atoms with van der Waals surface area (Å²) in [5.41, 5.74) is 0.968. The molecule has 1 aromatic carbocycles. The second-order valence-corrected chi connectivity index (χ2v) is 6.64. The Kier molecular flexibility index (Phi) is 5.18. The predicted molar refractivity (Wildman–Crippen MR) is 95.5 cm³/mol. The number of carbonyl (C=O) groups is 1. The van der Waals surface area contributed by atoms with Gasteiger partial charge in [0.2, 0.25) is 0 Å². The minimum absolute atomic E-state index is 0.0706. The van der Waals surface area contributed by atoms with Crippen molar-refractivity contribution in [1.29, 1.82) is 0 Å². The van der Waals surface area contributed by atoms with E-state index in [1.165, 1.54) is 24.6 Å². The molecule has 0 atom stereocenters. The fraction of sp³-hybridized carbons (Fsp3) is 0.333. The molecule has 23 heavy (non-hydrogen) atoms. The van der Waals surface area contributed by atoms with E-state index in [9.17, 15) is 4.79 Å². The van der Waals surface area contributed by atoms with Gasteiger partial charge in [0, 0.05) is 0 Å². The Morgan fingerprint density at radius 2 is 2.04 bits per heavy atom. The highest BCUT2D eigenvalue weighted by atomic mass is 32.2. The molecule has 1 amide bonds. The van der Waals surface area contributed by atoms with E-state index in [2.05, 4.69) is 16.9 Å². The predicted octanol–water partition coefficient (Wildman–Crippen LogP) is 3.75. The van der Waals surface area contributed by atoms with Crippen molar-refractivity contribution < 1.29 is 9.53 Å². The number of thioether (sulfide) groups is 1. The first-order chi connectivity index (χ1) is 11.2. The van der Waals surface area contributed by atoms with Crippen LogP contribution in [0.4, 0.5) is 0 Å². The number of hydrogen-bond donors (Lipinski definition) is 1. The highest BCUT2D eigenvalue weighted by molar-refractivity contribution is 8.18. The SMILES string of the molecule is C=CCOc1ccc(C=C2SC(=NC3CCCC3)NC2=O)cc1. The molecular formula is C18H20N2O2S. The number of amidine groups is 1. The van der Waals surface area contributed by atoms with Crippen molar-refractivity contribution in [3.8, 4) is 5.75 Å². The monoisotopic (exact) mass is 328 g/mol. The lowest BCUT2D eigenvalue weighted by atomic mass is 10.2. The molecule has 3 rings (SSSR count). The smallest absolute Gasteiger partial charge is 0.264 e. The summed E-state index contributed by atoms with van der Waals surface area (Å²) in [5, 5.41) is 3.60. The van der Waals surface area contributed by atoms with Crippen molar-refractivity contribution in [3.05, 3.63) is 47.4 Å². The van der Waals surface area contributed by atoms with E-state index in [-0.39, 0.29) is 5.91 Å². The third kappa shape index (κ3) is 4.26. The molecule has 1 aliphatic heterocycles. The molecule has 1 saturated carbocycles. The first-order valence-corrected chi connectivity index (χ1v) is 8.69. The van der Waals surface area contributed by atoms with Crippen LogP contribution in [0.15, 0.2) is 46.8 Å². The molecule has 0 unspecified atom stereocenters. The largest absolute Gasteiger partial charge is 0.490 e. The maximum absolute atomic E-state index is 12.1. The summed E-state index contributed by atoms with van der Waals surface area (Å²) in [6.07, 6.45) is 8.33. The maximum atomic E-state index is 12.1. The summed E-state index contributed by atoms with van der Waals surface area (Å²) in [7, 11) is 0. The standard InChI is InChI=1S/C18H20N2O2S/c1-2-11-22-15-9-7-13(8-10-15)12-16-17(21)20-18(23-16)19-14-5-3-4-6-14/h2,7-10,12,14H,1,3-6,11H2,(H,19,20,21). The van der Waals surface area contributed by atoms with Gasteiger partial charge in [-0.05, 0) is 48.4 Å². The molecule has 1 N–H and O–H groups in total. The zero-order valence-corrected chi connectivity index (χ0v) is 13.8. The molecule has 2 fully saturated rings. The van der Waals surface area contributed by atoms with Crippen LogP contribution >= 0.6 is 11.8 Å². The van der Waals surface area contributed by atoms with Gasteiger partial charge in [0.05, 0.1) is 10.9 Å². The molecule has 1 aromatic rings. The summed E-state index contributed by atoms with van der Waals surface area (Å²) < 4.78 is 5.45. The fourth-order valence-electron chi connectivity index (χ4n) is 2.65. The number of rotatable bonds is 5. The number of amides is 1. The zero-order chi connectivity index (χ0) is 16.1. The Balaban J connectivity index is 1.67. The molecule has 0 radical (unpaired) electrons. The van der Waals surface area contributed by atoms with Crippen molar-refractivity contribution in [2.75, 3.05) is 6.61 Å². The average Bonchev–Trinajstić information content (AvgIpc) is 3.17. The molecule has 2 aliphatic rings. The van der Waals surface area contributed by atoms with Crippen LogP contribution in [0.5, 0.6) is 5.75 Å². The van der Waals surface area contributed by atoms with E-state index in [0.29, 0.717) is 17.6 Å². The van der Waals surface area contributed by atoms with Crippen LogP contribution in [-0.2, 0) is 4.79 Å². The van der Waals surface area contributed by atoms with Crippen molar-refractivity contribution in [3.63, 3.8) is 0 Å². The average molecular weight is 328 g/mol. The number of nitrogens with one attached hydrogen (secondary N) is 1. The first-order valence-electron chi connectivity index (χ1n) is 7.87. The van der Waals surface area contributed by atoms with E-state index >= 15 is 0 Å². The van der Waals surface area contributed by atoms with Crippen LogP contribution < -0.4 is 10.1 Å². The lowest BCUT2D eigenvalue weighted by Crippen LogP contribution is -2.21. The van der Waals surface area contributed by atoms with Gasteiger partial charge in [-0.3, -0.25) is 9.79 Å². The molecule has 5 heteroatoms. The Hall–Kier alpha value is -2.01. The number of carbonyl (C=O) groups excluding carboxylic acids is 1. The van der Waals surface area contributed by atoms with Gasteiger partial charge in [-0.2, -0.15) is 0 Å². The zero-order valence-electron chi connectivity index (χ0n) is 13.0. The minimum atomic E-state index is -0.0706. The second kappa shape index (κ2) is 7.51. The van der Waals surface area contributed by atoms with Crippen LogP contribution in [0.3, 0.4) is 0 Å². The van der Waals surface area contributed by atoms with Crippen LogP contribution in [-0.4, -0.2) is 23.7 Å². The molecule has 4 nitrogen and oxygen atoms in total. The summed E-state index contributed by atoms with van der Waals surface area (Å²) in [6, 6.07) is 8.02. The number of aliphatic imine (C=N–C) groups is 1. The van der Waals surface area contributed by atoms with Crippen LogP contribution in [0, 0.1) is 0 Å². The number of ether oxygens (including phenoxy) is 1. The molecule has 0 aromatic heterocycles. The lowest BCUT2D eigenvalue weighted by Gasteiger charge is -2.03. The van der Waals surface area contributed by atoms with Crippen LogP contribution in [0.2, 0.25) is 0 Å². The van der Waals surface area contributed by atoms with Gasteiger partial charge in [-0.25, -0.2) is 0 Å². The summed E-state index contributed by atoms with van der Waals surface area (Å²) in [6.45, 7) is 4.11. The Bertz CT molecular complexity index is 643. The summed E-state index contributed by atoms with van der Waals surface area (Å²) in [4.78, 5) is 17.4. The molecule has 1 saturated heterocycles. The van der Waals surface area contributed by atoms with Crippen molar-refractivity contribution in [2.45, 2.75) is 31.7 Å². The molecule has 120 valence electrons. The van der Waals surface area contributed by atoms with E-state index < -0.39 is 0 Å². The van der Waals surface area contributed by atoms with E-state index in [1.54, 1.807) is 6.08 Å². The van der Waals surface area contributed by atoms with E-state index in [0.717, 1.165) is 29.3 Å². The van der Waals surface area contributed by atoms with Gasteiger partial charge in [-0.15, -0.1) is 0 Å². The normalized spacial score (nSPS) is 21.8. The number of nitrogens with zero attached hydrogens (tertiary/aromatic N) is 1. The van der Waals surface area contributed by atoms with Gasteiger partial charge < -0.3 is 10.1 Å². The van der Waals surface area contributed by atoms with E-state index in [1.807, 2.05) is 30.3 Å². The van der Waals surface area contributed by atoms with E-state index in [4.69, 9.17) is 4.74 Å². The maximum Gasteiger partial charge on any atom is 0.264 e. The number of hydrogen-bond acceptors (Lipinski definition) is 4. The van der Waals surface area contributed by atoms with Crippen LogP contribution in [0.1, 0.15) is 31.2 Å². The van der Waals surface area contributed by atoms with Gasteiger partial charge in [0.25, 0.3) is 5.91 Å². The third-order valence-corrected chi connectivity index (χ3v) is 4.75. The second-order valence-electron chi connectivity index (χ2n) is 5.61. The van der Waals surface area contributed by atoms with Gasteiger partial charge in [-0.1, -0.05) is 37.6 Å². The van der Waals surface area contributed by atoms with Gasteiger partial charge in [0.1, 0.15) is 12.4 Å². The topological polar surface area (TPSA) is 50.7 Å². The highest BCUT2D eigenvalue weighted by Crippen LogP contribution is 2.29. The molecule has 1 aliphatic carbocycles. The minimum Gasteiger partial charge on any atom is -0.490 e. The Morgan fingerprint density at radius 3 is 2.74 bits per heavy atom. The Morgan fingerprint density at radius 1 is 1.30 bits per heavy atom. The Labute approximate surface area is 140 Å². The van der Waals surface area contributed by atoms with Crippen molar-refractivity contribution in [1.82, 2.24) is 5.32 Å². The first kappa shape index (κ1) is 15.9. The molecular weight excluding hydrogens is 308 g/mol. The fourth-order valence-corrected chi connectivity index (χ4v) is 3.55. The van der Waals surface area contributed by atoms with Gasteiger partial charge in [0.15, 0.2) is 5.17 Å². The molecule has 0 spiro atoms. The lowest BCUT2D eigenvalue weighted by molar-refractivity contribution is -0.115. The third-order valence-electron chi connectivity index (χ3n) is 3.82.